The van der Waals surface area contributed by atoms with Gasteiger partial charge >= 0.3 is 6.18 Å². The summed E-state index contributed by atoms with van der Waals surface area (Å²) in [5.41, 5.74) is 0.812. The van der Waals surface area contributed by atoms with Crippen LogP contribution in [-0.4, -0.2) is 27.7 Å². The minimum absolute atomic E-state index is 0.0464. The van der Waals surface area contributed by atoms with Crippen LogP contribution in [0.4, 0.5) is 13.2 Å². The SMILES string of the molecule is CCNCc1sc(S(=O)(=O)NCCC(F)(F)F)cc1C. The Hall–Kier alpha value is -0.640. The van der Waals surface area contributed by atoms with E-state index in [1.54, 1.807) is 6.92 Å². The number of sulfonamides is 1. The van der Waals surface area contributed by atoms with Crippen molar-refractivity contribution in [2.75, 3.05) is 13.1 Å². The predicted octanol–water partition coefficient (Wildman–Crippen LogP) is 2.40. The number of nitrogens with one attached hydrogen (secondary N) is 2. The van der Waals surface area contributed by atoms with Gasteiger partial charge in [0.25, 0.3) is 0 Å². The second-order valence-corrected chi connectivity index (χ2v) is 7.35. The van der Waals surface area contributed by atoms with Crippen LogP contribution in [0.1, 0.15) is 23.8 Å². The van der Waals surface area contributed by atoms with Crippen LogP contribution in [0.3, 0.4) is 0 Å². The minimum atomic E-state index is -4.37. The molecule has 20 heavy (non-hydrogen) atoms. The number of halogens is 3. The summed E-state index contributed by atoms with van der Waals surface area (Å²) in [6.07, 6.45) is -5.55. The minimum Gasteiger partial charge on any atom is -0.312 e. The molecule has 2 N–H and O–H groups in total. The highest BCUT2D eigenvalue weighted by molar-refractivity contribution is 7.91. The molecule has 0 aliphatic rings. The van der Waals surface area contributed by atoms with Crippen LogP contribution in [0, 0.1) is 6.92 Å². The lowest BCUT2D eigenvalue weighted by atomic mass is 10.3. The average Bonchev–Trinajstić information content (AvgIpc) is 2.67. The molecule has 1 heterocycles. The molecular formula is C11H17F3N2O2S2. The molecule has 4 nitrogen and oxygen atoms in total. The zero-order chi connectivity index (χ0) is 15.4. The second-order valence-electron chi connectivity index (χ2n) is 4.21. The van der Waals surface area contributed by atoms with E-state index < -0.39 is 29.2 Å². The molecule has 0 aromatic carbocycles. The van der Waals surface area contributed by atoms with Crippen molar-refractivity contribution in [3.05, 3.63) is 16.5 Å². The van der Waals surface area contributed by atoms with Crippen LogP contribution in [0.2, 0.25) is 0 Å². The molecule has 0 spiro atoms. The van der Waals surface area contributed by atoms with E-state index in [1.165, 1.54) is 6.07 Å². The first-order valence-corrected chi connectivity index (χ1v) is 8.32. The fourth-order valence-electron chi connectivity index (χ4n) is 1.43. The van der Waals surface area contributed by atoms with Gasteiger partial charge in [-0.2, -0.15) is 13.2 Å². The van der Waals surface area contributed by atoms with Crippen molar-refractivity contribution in [3.63, 3.8) is 0 Å². The highest BCUT2D eigenvalue weighted by Crippen LogP contribution is 2.26. The Morgan fingerprint density at radius 3 is 2.55 bits per heavy atom. The van der Waals surface area contributed by atoms with E-state index in [2.05, 4.69) is 5.32 Å². The lowest BCUT2D eigenvalue weighted by Gasteiger charge is -2.07. The van der Waals surface area contributed by atoms with Gasteiger partial charge in [-0.05, 0) is 25.1 Å². The smallest absolute Gasteiger partial charge is 0.312 e. The van der Waals surface area contributed by atoms with E-state index in [4.69, 9.17) is 0 Å². The van der Waals surface area contributed by atoms with Crippen molar-refractivity contribution in [2.45, 2.75) is 37.2 Å². The fourth-order valence-corrected chi connectivity index (χ4v) is 4.07. The van der Waals surface area contributed by atoms with Gasteiger partial charge in [-0.25, -0.2) is 13.1 Å². The van der Waals surface area contributed by atoms with Crippen LogP contribution in [0.15, 0.2) is 10.3 Å². The van der Waals surface area contributed by atoms with Crippen LogP contribution in [0.5, 0.6) is 0 Å². The molecule has 0 unspecified atom stereocenters. The van der Waals surface area contributed by atoms with Gasteiger partial charge in [-0.1, -0.05) is 6.92 Å². The summed E-state index contributed by atoms with van der Waals surface area (Å²) < 4.78 is 61.8. The van der Waals surface area contributed by atoms with Gasteiger partial charge in [0.1, 0.15) is 4.21 Å². The van der Waals surface area contributed by atoms with Gasteiger partial charge < -0.3 is 5.32 Å². The largest absolute Gasteiger partial charge is 0.390 e. The zero-order valence-electron chi connectivity index (χ0n) is 11.2. The summed E-state index contributed by atoms with van der Waals surface area (Å²) in [6.45, 7) is 4.36. The summed E-state index contributed by atoms with van der Waals surface area (Å²) >= 11 is 1.07. The van der Waals surface area contributed by atoms with Crippen molar-refractivity contribution < 1.29 is 21.6 Å². The van der Waals surface area contributed by atoms with Crippen molar-refractivity contribution in [3.8, 4) is 0 Å². The second kappa shape index (κ2) is 6.88. The number of alkyl halides is 3. The van der Waals surface area contributed by atoms with Crippen molar-refractivity contribution in [2.24, 2.45) is 0 Å². The first-order chi connectivity index (χ1) is 9.15. The van der Waals surface area contributed by atoms with Gasteiger partial charge in [0.2, 0.25) is 10.0 Å². The van der Waals surface area contributed by atoms with E-state index in [-0.39, 0.29) is 4.21 Å². The van der Waals surface area contributed by atoms with E-state index >= 15 is 0 Å². The number of hydrogen-bond acceptors (Lipinski definition) is 4. The van der Waals surface area contributed by atoms with Gasteiger partial charge in [-0.15, -0.1) is 11.3 Å². The third kappa shape index (κ3) is 5.39. The molecule has 0 amide bonds. The molecule has 0 atom stereocenters. The highest BCUT2D eigenvalue weighted by Gasteiger charge is 2.28. The summed E-state index contributed by atoms with van der Waals surface area (Å²) in [7, 11) is -3.87. The summed E-state index contributed by atoms with van der Waals surface area (Å²) in [6, 6.07) is 1.48. The maximum Gasteiger partial charge on any atom is 0.390 e. The van der Waals surface area contributed by atoms with Gasteiger partial charge in [0.15, 0.2) is 0 Å². The Kier molecular flexibility index (Phi) is 5.99. The van der Waals surface area contributed by atoms with Crippen LogP contribution in [0.25, 0.3) is 0 Å². The van der Waals surface area contributed by atoms with Gasteiger partial charge in [-0.3, -0.25) is 0 Å². The molecule has 1 aromatic heterocycles. The van der Waals surface area contributed by atoms with E-state index in [1.807, 2.05) is 11.6 Å². The van der Waals surface area contributed by atoms with Crippen LogP contribution >= 0.6 is 11.3 Å². The number of hydrogen-bond donors (Lipinski definition) is 2. The summed E-state index contributed by atoms with van der Waals surface area (Å²) in [5.74, 6) is 0. The Morgan fingerprint density at radius 1 is 1.35 bits per heavy atom. The summed E-state index contributed by atoms with van der Waals surface area (Å²) in [5, 5.41) is 3.08. The van der Waals surface area contributed by atoms with Crippen molar-refractivity contribution in [1.29, 1.82) is 0 Å². The summed E-state index contributed by atoms with van der Waals surface area (Å²) in [4.78, 5) is 0.864. The van der Waals surface area contributed by atoms with Crippen molar-refractivity contribution in [1.82, 2.24) is 10.0 Å². The maximum atomic E-state index is 12.0. The predicted molar refractivity (Wildman–Crippen MR) is 72.3 cm³/mol. The molecule has 0 aliphatic carbocycles. The molecule has 0 radical (unpaired) electrons. The maximum absolute atomic E-state index is 12.0. The lowest BCUT2D eigenvalue weighted by molar-refractivity contribution is -0.132. The highest BCUT2D eigenvalue weighted by atomic mass is 32.2. The Bertz CT molecular complexity index is 538. The monoisotopic (exact) mass is 330 g/mol. The number of aryl methyl sites for hydroxylation is 1. The van der Waals surface area contributed by atoms with Gasteiger partial charge in [0, 0.05) is 18.0 Å². The zero-order valence-corrected chi connectivity index (χ0v) is 12.8. The Balaban J connectivity index is 2.72. The fraction of sp³-hybridized carbons (Fsp3) is 0.636. The first-order valence-electron chi connectivity index (χ1n) is 6.02. The molecule has 0 bridgehead atoms. The molecule has 0 aliphatic heterocycles. The normalized spacial score (nSPS) is 12.8. The third-order valence-electron chi connectivity index (χ3n) is 2.50. The van der Waals surface area contributed by atoms with E-state index in [0.29, 0.717) is 6.54 Å². The molecular weight excluding hydrogens is 313 g/mol. The van der Waals surface area contributed by atoms with Crippen LogP contribution in [-0.2, 0) is 16.6 Å². The molecule has 1 aromatic rings. The topological polar surface area (TPSA) is 58.2 Å². The standard InChI is InChI=1S/C11H17F3N2O2S2/c1-3-15-7-9-8(2)6-10(19-9)20(17,18)16-5-4-11(12,13)14/h6,15-16H,3-5,7H2,1-2H3. The molecule has 116 valence electrons. The first kappa shape index (κ1) is 17.4. The quantitative estimate of drug-likeness (QED) is 0.807. The Labute approximate surface area is 120 Å². The molecule has 9 heteroatoms. The average molecular weight is 330 g/mol. The van der Waals surface area contributed by atoms with Crippen molar-refractivity contribution >= 4 is 21.4 Å². The molecule has 0 saturated carbocycles. The Morgan fingerprint density at radius 2 is 2.00 bits per heavy atom. The molecule has 0 fully saturated rings. The lowest BCUT2D eigenvalue weighted by Crippen LogP contribution is -2.27. The van der Waals surface area contributed by atoms with E-state index in [9.17, 15) is 21.6 Å². The number of thiophene rings is 1. The van der Waals surface area contributed by atoms with Gasteiger partial charge in [0.05, 0.1) is 6.42 Å². The molecule has 1 rings (SSSR count). The molecule has 0 saturated heterocycles. The van der Waals surface area contributed by atoms with Crippen LogP contribution < -0.4 is 10.0 Å². The number of rotatable bonds is 7. The van der Waals surface area contributed by atoms with E-state index in [0.717, 1.165) is 28.3 Å². The third-order valence-corrected chi connectivity index (χ3v) is 5.67.